The molecule has 0 spiro atoms. The number of fused-ring (bicyclic) bond motifs is 1. The van der Waals surface area contributed by atoms with E-state index in [0.29, 0.717) is 11.5 Å². The van der Waals surface area contributed by atoms with Crippen molar-refractivity contribution in [3.8, 4) is 17.2 Å². The molecule has 0 radical (unpaired) electrons. The molecule has 2 N–H and O–H groups in total. The van der Waals surface area contributed by atoms with Crippen LogP contribution in [0.2, 0.25) is 5.02 Å². The number of carbonyl (C=O) groups is 1. The molecule has 3 rings (SSSR count). The standard InChI is InChI=1S/C16H12ClN3O6/c17-10-5-9(15(21)11(6-10)20(23)24)7-18-19-16(22)14-8-25-12-3-1-2-4-13(12)26-14/h1-7,14,21H,8H2,(H,19,22)/b18-7+/t14-/m1/s1. The smallest absolute Gasteiger partial charge is 0.312 e. The Hall–Kier alpha value is -3.33. The molecule has 0 aromatic heterocycles. The number of hydrogen-bond acceptors (Lipinski definition) is 7. The summed E-state index contributed by atoms with van der Waals surface area (Å²) in [5, 5.41) is 24.4. The molecule has 134 valence electrons. The van der Waals surface area contributed by atoms with Crippen molar-refractivity contribution >= 4 is 29.4 Å². The van der Waals surface area contributed by atoms with Crippen molar-refractivity contribution < 1.29 is 24.3 Å². The van der Waals surface area contributed by atoms with Gasteiger partial charge in [0.1, 0.15) is 6.61 Å². The number of hydrazone groups is 1. The number of rotatable bonds is 4. The van der Waals surface area contributed by atoms with Gasteiger partial charge in [0.25, 0.3) is 5.91 Å². The monoisotopic (exact) mass is 377 g/mol. The van der Waals surface area contributed by atoms with Crippen LogP contribution in [0, 0.1) is 10.1 Å². The lowest BCUT2D eigenvalue weighted by Crippen LogP contribution is -2.42. The molecule has 1 aliphatic heterocycles. The van der Waals surface area contributed by atoms with Gasteiger partial charge < -0.3 is 14.6 Å². The maximum atomic E-state index is 12.1. The quantitative estimate of drug-likeness (QED) is 0.478. The van der Waals surface area contributed by atoms with Gasteiger partial charge in [-0.3, -0.25) is 14.9 Å². The lowest BCUT2D eigenvalue weighted by Gasteiger charge is -2.24. The minimum Gasteiger partial charge on any atom is -0.502 e. The second-order valence-corrected chi connectivity index (χ2v) is 5.65. The highest BCUT2D eigenvalue weighted by Crippen LogP contribution is 2.32. The lowest BCUT2D eigenvalue weighted by molar-refractivity contribution is -0.385. The van der Waals surface area contributed by atoms with Gasteiger partial charge in [-0.05, 0) is 18.2 Å². The molecule has 0 unspecified atom stereocenters. The predicted molar refractivity (Wildman–Crippen MR) is 91.9 cm³/mol. The van der Waals surface area contributed by atoms with Crippen LogP contribution in [0.15, 0.2) is 41.5 Å². The Morgan fingerprint density at radius 1 is 1.38 bits per heavy atom. The topological polar surface area (TPSA) is 123 Å². The summed E-state index contributed by atoms with van der Waals surface area (Å²) in [6.45, 7) is 0.00620. The zero-order valence-corrected chi connectivity index (χ0v) is 13.8. The largest absolute Gasteiger partial charge is 0.502 e. The first-order valence-corrected chi connectivity index (χ1v) is 7.72. The minimum absolute atomic E-state index is 0.00620. The number of phenolic OH excluding ortho intramolecular Hbond substituents is 1. The fourth-order valence-electron chi connectivity index (χ4n) is 2.23. The number of aromatic hydroxyl groups is 1. The van der Waals surface area contributed by atoms with E-state index >= 15 is 0 Å². The highest BCUT2D eigenvalue weighted by molar-refractivity contribution is 6.31. The normalized spacial score (nSPS) is 15.7. The molecule has 0 aliphatic carbocycles. The summed E-state index contributed by atoms with van der Waals surface area (Å²) in [7, 11) is 0. The van der Waals surface area contributed by atoms with Crippen LogP contribution < -0.4 is 14.9 Å². The molecule has 1 heterocycles. The fourth-order valence-corrected chi connectivity index (χ4v) is 2.45. The molecule has 0 saturated carbocycles. The van der Waals surface area contributed by atoms with E-state index in [1.165, 1.54) is 6.07 Å². The third-order valence-electron chi connectivity index (χ3n) is 3.46. The number of halogens is 1. The second-order valence-electron chi connectivity index (χ2n) is 5.22. The number of phenols is 1. The number of nitro groups is 1. The lowest BCUT2D eigenvalue weighted by atomic mass is 10.2. The maximum absolute atomic E-state index is 12.1. The highest BCUT2D eigenvalue weighted by atomic mass is 35.5. The third kappa shape index (κ3) is 3.67. The van der Waals surface area contributed by atoms with Crippen LogP contribution in [-0.4, -0.2) is 34.9 Å². The number of nitro benzene ring substituents is 1. The van der Waals surface area contributed by atoms with Crippen molar-refractivity contribution in [2.45, 2.75) is 6.10 Å². The summed E-state index contributed by atoms with van der Waals surface area (Å²) in [6, 6.07) is 9.20. The first kappa shape index (κ1) is 17.5. The SMILES string of the molecule is O=C(N/N=C/c1cc(Cl)cc([N+](=O)[O-])c1O)[C@H]1COc2ccccc2O1. The van der Waals surface area contributed by atoms with Gasteiger partial charge in [-0.15, -0.1) is 0 Å². The molecular weight excluding hydrogens is 366 g/mol. The number of benzene rings is 2. The Labute approximate surface area is 151 Å². The highest BCUT2D eigenvalue weighted by Gasteiger charge is 2.27. The van der Waals surface area contributed by atoms with Gasteiger partial charge in [-0.2, -0.15) is 5.10 Å². The summed E-state index contributed by atoms with van der Waals surface area (Å²) in [6.07, 6.45) is 0.133. The summed E-state index contributed by atoms with van der Waals surface area (Å²) in [4.78, 5) is 22.2. The summed E-state index contributed by atoms with van der Waals surface area (Å²) in [5.74, 6) is -0.211. The maximum Gasteiger partial charge on any atom is 0.312 e. The average Bonchev–Trinajstić information content (AvgIpc) is 2.63. The van der Waals surface area contributed by atoms with E-state index < -0.39 is 28.4 Å². The number of amides is 1. The van der Waals surface area contributed by atoms with E-state index in [0.717, 1.165) is 12.3 Å². The van der Waals surface area contributed by atoms with Crippen LogP contribution in [0.5, 0.6) is 17.2 Å². The molecule has 26 heavy (non-hydrogen) atoms. The van der Waals surface area contributed by atoms with E-state index in [1.54, 1.807) is 24.3 Å². The van der Waals surface area contributed by atoms with Gasteiger partial charge in [0.05, 0.1) is 11.1 Å². The molecule has 0 saturated heterocycles. The molecule has 1 atom stereocenters. The third-order valence-corrected chi connectivity index (χ3v) is 3.68. The van der Waals surface area contributed by atoms with Crippen molar-refractivity contribution in [2.24, 2.45) is 5.10 Å². The summed E-state index contributed by atoms with van der Waals surface area (Å²) >= 11 is 5.78. The molecule has 1 amide bonds. The Bertz CT molecular complexity index is 902. The number of hydrogen-bond donors (Lipinski definition) is 2. The van der Waals surface area contributed by atoms with Crippen LogP contribution in [0.25, 0.3) is 0 Å². The van der Waals surface area contributed by atoms with E-state index in [9.17, 15) is 20.0 Å². The summed E-state index contributed by atoms with van der Waals surface area (Å²) in [5.41, 5.74) is 1.65. The number of carbonyl (C=O) groups excluding carboxylic acids is 1. The van der Waals surface area contributed by atoms with Crippen LogP contribution in [0.4, 0.5) is 5.69 Å². The van der Waals surface area contributed by atoms with Crippen molar-refractivity contribution in [1.29, 1.82) is 0 Å². The van der Waals surface area contributed by atoms with Gasteiger partial charge in [0.2, 0.25) is 11.9 Å². The Kier molecular flexibility index (Phi) is 4.90. The number of ether oxygens (including phenoxy) is 2. The average molecular weight is 378 g/mol. The number of para-hydroxylation sites is 2. The van der Waals surface area contributed by atoms with Crippen molar-refractivity contribution in [3.05, 3.63) is 57.1 Å². The van der Waals surface area contributed by atoms with Gasteiger partial charge in [-0.1, -0.05) is 23.7 Å². The Balaban J connectivity index is 1.68. The van der Waals surface area contributed by atoms with Crippen LogP contribution in [0.3, 0.4) is 0 Å². The first-order valence-electron chi connectivity index (χ1n) is 7.34. The molecule has 1 aliphatic rings. The molecule has 2 aromatic carbocycles. The van der Waals surface area contributed by atoms with Crippen molar-refractivity contribution in [1.82, 2.24) is 5.43 Å². The van der Waals surface area contributed by atoms with Gasteiger partial charge >= 0.3 is 5.69 Å². The molecule has 9 nitrogen and oxygen atoms in total. The predicted octanol–water partition coefficient (Wildman–Crippen LogP) is 2.24. The molecule has 0 fully saturated rings. The van der Waals surface area contributed by atoms with E-state index in [2.05, 4.69) is 10.5 Å². The van der Waals surface area contributed by atoms with E-state index in [4.69, 9.17) is 21.1 Å². The zero-order valence-electron chi connectivity index (χ0n) is 13.1. The minimum atomic E-state index is -0.913. The van der Waals surface area contributed by atoms with Gasteiger partial charge in [0.15, 0.2) is 11.5 Å². The molecule has 10 heteroatoms. The molecule has 0 bridgehead atoms. The van der Waals surface area contributed by atoms with Gasteiger partial charge in [0, 0.05) is 16.7 Å². The van der Waals surface area contributed by atoms with Crippen LogP contribution in [0.1, 0.15) is 5.56 Å². The molecule has 2 aromatic rings. The van der Waals surface area contributed by atoms with E-state index in [1.807, 2.05) is 0 Å². The van der Waals surface area contributed by atoms with Crippen molar-refractivity contribution in [2.75, 3.05) is 6.61 Å². The number of nitrogens with zero attached hydrogens (tertiary/aromatic N) is 2. The Morgan fingerprint density at radius 3 is 2.85 bits per heavy atom. The van der Waals surface area contributed by atoms with E-state index in [-0.39, 0.29) is 17.2 Å². The Morgan fingerprint density at radius 2 is 2.12 bits per heavy atom. The first-order chi connectivity index (χ1) is 12.5. The second kappa shape index (κ2) is 7.28. The fraction of sp³-hybridized carbons (Fsp3) is 0.125. The molecular formula is C16H12ClN3O6. The summed E-state index contributed by atoms with van der Waals surface area (Å²) < 4.78 is 10.9. The zero-order chi connectivity index (χ0) is 18.7. The van der Waals surface area contributed by atoms with Crippen molar-refractivity contribution in [3.63, 3.8) is 0 Å². The van der Waals surface area contributed by atoms with Gasteiger partial charge in [-0.25, -0.2) is 5.43 Å². The number of nitrogens with one attached hydrogen (secondary N) is 1. The van der Waals surface area contributed by atoms with Crippen LogP contribution >= 0.6 is 11.6 Å². The van der Waals surface area contributed by atoms with Crippen LogP contribution in [-0.2, 0) is 4.79 Å².